The zero-order chi connectivity index (χ0) is 24.9. The zero-order valence-electron chi connectivity index (χ0n) is 19.9. The quantitative estimate of drug-likeness (QED) is 0.448. The van der Waals surface area contributed by atoms with Crippen LogP contribution < -0.4 is 25.0 Å². The van der Waals surface area contributed by atoms with Crippen LogP contribution in [0.15, 0.2) is 65.1 Å². The zero-order valence-corrected chi connectivity index (χ0v) is 21.5. The number of carbonyl (C=O) groups is 2. The molecule has 2 aliphatic heterocycles. The first kappa shape index (κ1) is 23.2. The fourth-order valence-electron chi connectivity index (χ4n) is 5.07. The summed E-state index contributed by atoms with van der Waals surface area (Å²) in [6.45, 7) is 5.75. The van der Waals surface area contributed by atoms with Crippen LogP contribution >= 0.6 is 15.9 Å². The number of para-hydroxylation sites is 1. The Morgan fingerprint density at radius 2 is 1.89 bits per heavy atom. The molecule has 2 aliphatic rings. The number of hydrogen-bond donors (Lipinski definition) is 2. The number of rotatable bonds is 4. The van der Waals surface area contributed by atoms with E-state index in [2.05, 4.69) is 26.6 Å². The number of nitrogens with one attached hydrogen (secondary N) is 2. The number of benzene rings is 3. The number of nitrogens with zero attached hydrogens (tertiary/aromatic N) is 1. The maximum Gasteiger partial charge on any atom is 0.325 e. The highest BCUT2D eigenvalue weighted by molar-refractivity contribution is 9.10. The van der Waals surface area contributed by atoms with Crippen molar-refractivity contribution in [3.8, 4) is 11.5 Å². The lowest BCUT2D eigenvalue weighted by Gasteiger charge is -2.54. The lowest BCUT2D eigenvalue weighted by Crippen LogP contribution is -2.72. The SMILES string of the molecule is COc1cccc2c1O[C@@]1(C)[C@H](C(=O)Nc3ccc(C)cc3C)[C@H]2NC(=O)N1c1ccc(Br)cc1. The predicted octanol–water partition coefficient (Wildman–Crippen LogP) is 5.71. The Kier molecular flexibility index (Phi) is 5.71. The Hall–Kier alpha value is -3.52. The molecule has 2 heterocycles. The highest BCUT2D eigenvalue weighted by atomic mass is 79.9. The molecular formula is C27H26BrN3O4. The Balaban J connectivity index is 1.64. The van der Waals surface area contributed by atoms with Gasteiger partial charge in [-0.05, 0) is 62.7 Å². The minimum atomic E-state index is -1.33. The number of ether oxygens (including phenoxy) is 2. The van der Waals surface area contributed by atoms with E-state index >= 15 is 0 Å². The van der Waals surface area contributed by atoms with Crippen molar-refractivity contribution in [2.24, 2.45) is 5.92 Å². The van der Waals surface area contributed by atoms with E-state index in [0.29, 0.717) is 22.7 Å². The van der Waals surface area contributed by atoms with Crippen LogP contribution in [-0.2, 0) is 4.79 Å². The van der Waals surface area contributed by atoms with Gasteiger partial charge in [0.1, 0.15) is 5.92 Å². The molecule has 0 aromatic heterocycles. The van der Waals surface area contributed by atoms with Gasteiger partial charge in [0, 0.05) is 21.4 Å². The molecule has 7 nitrogen and oxygen atoms in total. The van der Waals surface area contributed by atoms with E-state index in [0.717, 1.165) is 21.3 Å². The van der Waals surface area contributed by atoms with Gasteiger partial charge < -0.3 is 20.1 Å². The van der Waals surface area contributed by atoms with Crippen LogP contribution in [-0.4, -0.2) is 24.8 Å². The minimum absolute atomic E-state index is 0.250. The summed E-state index contributed by atoms with van der Waals surface area (Å²) in [4.78, 5) is 28.9. The second kappa shape index (κ2) is 8.61. The summed E-state index contributed by atoms with van der Waals surface area (Å²) in [7, 11) is 1.57. The molecule has 180 valence electrons. The maximum atomic E-state index is 13.9. The molecule has 35 heavy (non-hydrogen) atoms. The monoisotopic (exact) mass is 535 g/mol. The largest absolute Gasteiger partial charge is 0.493 e. The number of carbonyl (C=O) groups excluding carboxylic acids is 2. The number of fused-ring (bicyclic) bond motifs is 4. The Labute approximate surface area is 212 Å². The first-order valence-electron chi connectivity index (χ1n) is 11.3. The molecule has 0 unspecified atom stereocenters. The molecule has 8 heteroatoms. The van der Waals surface area contributed by atoms with Gasteiger partial charge in [0.2, 0.25) is 11.6 Å². The number of anilines is 2. The lowest BCUT2D eigenvalue weighted by atomic mass is 9.78. The summed E-state index contributed by atoms with van der Waals surface area (Å²) in [6.07, 6.45) is 0. The van der Waals surface area contributed by atoms with Crippen molar-refractivity contribution in [1.82, 2.24) is 5.32 Å². The molecule has 0 aliphatic carbocycles. The topological polar surface area (TPSA) is 79.9 Å². The molecular weight excluding hydrogens is 510 g/mol. The van der Waals surface area contributed by atoms with Gasteiger partial charge in [-0.3, -0.25) is 9.69 Å². The van der Waals surface area contributed by atoms with E-state index in [4.69, 9.17) is 9.47 Å². The average molecular weight is 536 g/mol. The van der Waals surface area contributed by atoms with Crippen molar-refractivity contribution >= 4 is 39.2 Å². The molecule has 3 atom stereocenters. The van der Waals surface area contributed by atoms with Crippen molar-refractivity contribution in [2.45, 2.75) is 32.5 Å². The first-order valence-corrected chi connectivity index (χ1v) is 12.1. The average Bonchev–Trinajstić information content (AvgIpc) is 2.81. The molecule has 2 N–H and O–H groups in total. The molecule has 2 bridgehead atoms. The second-order valence-corrected chi connectivity index (χ2v) is 9.98. The summed E-state index contributed by atoms with van der Waals surface area (Å²) in [5.74, 6) is 0.0447. The molecule has 3 aromatic rings. The molecule has 0 spiro atoms. The van der Waals surface area contributed by atoms with Crippen molar-refractivity contribution in [3.63, 3.8) is 0 Å². The normalized spacial score (nSPS) is 22.5. The summed E-state index contributed by atoms with van der Waals surface area (Å²) in [5.41, 5.74) is 2.77. The highest BCUT2D eigenvalue weighted by Crippen LogP contribution is 2.52. The van der Waals surface area contributed by atoms with Gasteiger partial charge in [-0.1, -0.05) is 45.8 Å². The van der Waals surface area contributed by atoms with Crippen LogP contribution in [0.3, 0.4) is 0 Å². The number of methoxy groups -OCH3 is 1. The molecule has 1 saturated heterocycles. The van der Waals surface area contributed by atoms with Crippen molar-refractivity contribution in [3.05, 3.63) is 81.8 Å². The molecule has 3 amide bonds. The molecule has 0 saturated carbocycles. The fourth-order valence-corrected chi connectivity index (χ4v) is 5.34. The fraction of sp³-hybridized carbons (Fsp3) is 0.259. The highest BCUT2D eigenvalue weighted by Gasteiger charge is 2.60. The van der Waals surface area contributed by atoms with Crippen molar-refractivity contribution < 1.29 is 19.1 Å². The first-order chi connectivity index (χ1) is 16.7. The van der Waals surface area contributed by atoms with Crippen LogP contribution in [0.5, 0.6) is 11.5 Å². The van der Waals surface area contributed by atoms with E-state index < -0.39 is 17.7 Å². The van der Waals surface area contributed by atoms with Crippen molar-refractivity contribution in [2.75, 3.05) is 17.3 Å². The number of urea groups is 1. The van der Waals surface area contributed by atoms with E-state index in [9.17, 15) is 9.59 Å². The van der Waals surface area contributed by atoms with Gasteiger partial charge in [-0.15, -0.1) is 0 Å². The van der Waals surface area contributed by atoms with Gasteiger partial charge in [-0.2, -0.15) is 0 Å². The maximum absolute atomic E-state index is 13.9. The van der Waals surface area contributed by atoms with Crippen LogP contribution in [0.1, 0.15) is 29.7 Å². The van der Waals surface area contributed by atoms with Crippen LogP contribution in [0.4, 0.5) is 16.2 Å². The van der Waals surface area contributed by atoms with Gasteiger partial charge >= 0.3 is 6.03 Å². The molecule has 3 aromatic carbocycles. The van der Waals surface area contributed by atoms with E-state index in [1.54, 1.807) is 20.1 Å². The molecule has 5 rings (SSSR count). The summed E-state index contributed by atoms with van der Waals surface area (Å²) >= 11 is 3.44. The van der Waals surface area contributed by atoms with Crippen LogP contribution in [0.2, 0.25) is 0 Å². The van der Waals surface area contributed by atoms with E-state index in [-0.39, 0.29) is 11.9 Å². The Morgan fingerprint density at radius 3 is 2.57 bits per heavy atom. The van der Waals surface area contributed by atoms with Gasteiger partial charge in [0.25, 0.3) is 0 Å². The number of amides is 3. The summed E-state index contributed by atoms with van der Waals surface area (Å²) in [5, 5.41) is 6.14. The third-order valence-corrected chi connectivity index (χ3v) is 7.25. The Bertz CT molecular complexity index is 1330. The van der Waals surface area contributed by atoms with Gasteiger partial charge in [0.15, 0.2) is 11.5 Å². The third-order valence-electron chi connectivity index (χ3n) is 6.72. The molecule has 1 fully saturated rings. The minimum Gasteiger partial charge on any atom is -0.493 e. The summed E-state index contributed by atoms with van der Waals surface area (Å²) < 4.78 is 13.0. The third kappa shape index (κ3) is 3.82. The van der Waals surface area contributed by atoms with Gasteiger partial charge in [-0.25, -0.2) is 4.79 Å². The number of hydrogen-bond acceptors (Lipinski definition) is 4. The molecule has 0 radical (unpaired) electrons. The number of aryl methyl sites for hydroxylation is 2. The lowest BCUT2D eigenvalue weighted by molar-refractivity contribution is -0.131. The Morgan fingerprint density at radius 1 is 1.14 bits per heavy atom. The van der Waals surface area contributed by atoms with Gasteiger partial charge in [0.05, 0.1) is 13.2 Å². The second-order valence-electron chi connectivity index (χ2n) is 9.06. The van der Waals surface area contributed by atoms with Crippen LogP contribution in [0.25, 0.3) is 0 Å². The number of halogens is 1. The van der Waals surface area contributed by atoms with E-state index in [1.165, 1.54) is 4.90 Å². The smallest absolute Gasteiger partial charge is 0.325 e. The van der Waals surface area contributed by atoms with E-state index in [1.807, 2.05) is 68.4 Å². The standard InChI is InChI=1S/C27H26BrN3O4/c1-15-8-13-20(16(2)14-15)29-25(32)22-23-19-6-5-7-21(34-4)24(19)35-27(22,3)31(26(33)30-23)18-11-9-17(28)10-12-18/h5-14,22-23H,1-4H3,(H,29,32)(H,30,33)/t22-,23-,27-/m0/s1. The van der Waals surface area contributed by atoms with Crippen molar-refractivity contribution in [1.29, 1.82) is 0 Å². The predicted molar refractivity (Wildman–Crippen MR) is 138 cm³/mol. The van der Waals surface area contributed by atoms with Crippen LogP contribution in [0, 0.1) is 19.8 Å². The summed E-state index contributed by atoms with van der Waals surface area (Å²) in [6, 6.07) is 17.7.